The van der Waals surface area contributed by atoms with Crippen molar-refractivity contribution in [3.8, 4) is 0 Å². The molecule has 0 aromatic heterocycles. The van der Waals surface area contributed by atoms with Crippen LogP contribution < -0.4 is 10.2 Å². The number of hydrogen-bond acceptors (Lipinski definition) is 4. The van der Waals surface area contributed by atoms with Gasteiger partial charge >= 0.3 is 5.97 Å². The number of benzene rings is 2. The first-order valence-electron chi connectivity index (χ1n) is 12.3. The Morgan fingerprint density at radius 1 is 1.00 bits per heavy atom. The first-order chi connectivity index (χ1) is 16.4. The van der Waals surface area contributed by atoms with E-state index in [-0.39, 0.29) is 5.91 Å². The SMILES string of the molecule is CN1CCN(c2ccc(CC3(C(=O)Nc4cccc(/C=C/C(=O)O)c4)CCCCC3)cc2)CC1. The fourth-order valence-electron chi connectivity index (χ4n) is 5.14. The molecule has 0 atom stereocenters. The normalized spacial score (nSPS) is 18.7. The predicted octanol–water partition coefficient (Wildman–Crippen LogP) is 4.67. The summed E-state index contributed by atoms with van der Waals surface area (Å²) in [6.07, 6.45) is 8.46. The zero-order valence-corrected chi connectivity index (χ0v) is 20.0. The van der Waals surface area contributed by atoms with E-state index in [1.807, 2.05) is 24.3 Å². The Bertz CT molecular complexity index is 1020. The molecule has 1 amide bonds. The van der Waals surface area contributed by atoms with Gasteiger partial charge in [0.05, 0.1) is 5.41 Å². The molecule has 2 aromatic carbocycles. The van der Waals surface area contributed by atoms with Crippen molar-refractivity contribution in [2.24, 2.45) is 5.41 Å². The maximum atomic E-state index is 13.6. The average molecular weight is 462 g/mol. The molecule has 1 saturated carbocycles. The fourth-order valence-corrected chi connectivity index (χ4v) is 5.14. The molecule has 0 radical (unpaired) electrons. The molecule has 4 rings (SSSR count). The highest BCUT2D eigenvalue weighted by Crippen LogP contribution is 2.40. The number of piperazine rings is 1. The number of aliphatic carboxylic acids is 1. The van der Waals surface area contributed by atoms with Crippen molar-refractivity contribution < 1.29 is 14.7 Å². The molecule has 1 aliphatic heterocycles. The third-order valence-corrected chi connectivity index (χ3v) is 7.20. The molecule has 2 aliphatic rings. The lowest BCUT2D eigenvalue weighted by Crippen LogP contribution is -2.44. The van der Waals surface area contributed by atoms with Crippen molar-refractivity contribution in [1.29, 1.82) is 0 Å². The van der Waals surface area contributed by atoms with Crippen molar-refractivity contribution in [2.75, 3.05) is 43.4 Å². The van der Waals surface area contributed by atoms with E-state index in [4.69, 9.17) is 5.11 Å². The number of carboxylic acids is 1. The summed E-state index contributed by atoms with van der Waals surface area (Å²) in [5, 5.41) is 12.0. The molecule has 1 aliphatic carbocycles. The monoisotopic (exact) mass is 461 g/mol. The smallest absolute Gasteiger partial charge is 0.328 e. The van der Waals surface area contributed by atoms with Gasteiger partial charge in [0.2, 0.25) is 5.91 Å². The van der Waals surface area contributed by atoms with Gasteiger partial charge in [-0.3, -0.25) is 4.79 Å². The van der Waals surface area contributed by atoms with Crippen LogP contribution in [0, 0.1) is 5.41 Å². The molecular formula is C28H35N3O3. The zero-order chi connectivity index (χ0) is 24.0. The molecule has 6 heteroatoms. The van der Waals surface area contributed by atoms with Crippen LogP contribution in [0.15, 0.2) is 54.6 Å². The minimum absolute atomic E-state index is 0.0645. The van der Waals surface area contributed by atoms with E-state index in [0.717, 1.165) is 69.9 Å². The Morgan fingerprint density at radius 2 is 1.71 bits per heavy atom. The molecule has 6 nitrogen and oxygen atoms in total. The zero-order valence-electron chi connectivity index (χ0n) is 20.0. The van der Waals surface area contributed by atoms with Crippen molar-refractivity contribution in [2.45, 2.75) is 38.5 Å². The van der Waals surface area contributed by atoms with Crippen LogP contribution in [0.2, 0.25) is 0 Å². The molecule has 0 unspecified atom stereocenters. The topological polar surface area (TPSA) is 72.9 Å². The molecule has 180 valence electrons. The maximum absolute atomic E-state index is 13.6. The summed E-state index contributed by atoms with van der Waals surface area (Å²) < 4.78 is 0. The van der Waals surface area contributed by atoms with Crippen LogP contribution in [0.1, 0.15) is 43.2 Å². The van der Waals surface area contributed by atoms with Crippen LogP contribution in [0.4, 0.5) is 11.4 Å². The van der Waals surface area contributed by atoms with Crippen LogP contribution in [0.5, 0.6) is 0 Å². The number of rotatable bonds is 7. The Morgan fingerprint density at radius 3 is 2.38 bits per heavy atom. The molecule has 1 heterocycles. The molecule has 0 bridgehead atoms. The summed E-state index contributed by atoms with van der Waals surface area (Å²) in [5.74, 6) is -0.927. The van der Waals surface area contributed by atoms with Crippen molar-refractivity contribution in [3.05, 3.63) is 65.7 Å². The number of carbonyl (C=O) groups is 2. The predicted molar refractivity (Wildman–Crippen MR) is 137 cm³/mol. The minimum atomic E-state index is -0.991. The third kappa shape index (κ3) is 6.06. The van der Waals surface area contributed by atoms with Gasteiger partial charge in [-0.1, -0.05) is 43.5 Å². The number of nitrogens with zero attached hydrogens (tertiary/aromatic N) is 2. The van der Waals surface area contributed by atoms with E-state index in [2.05, 4.69) is 46.4 Å². The van der Waals surface area contributed by atoms with E-state index in [1.54, 1.807) is 0 Å². The van der Waals surface area contributed by atoms with Gasteiger partial charge in [-0.25, -0.2) is 4.79 Å². The van der Waals surface area contributed by atoms with Crippen molar-refractivity contribution in [3.63, 3.8) is 0 Å². The summed E-state index contributed by atoms with van der Waals surface area (Å²) >= 11 is 0. The molecular weight excluding hydrogens is 426 g/mol. The van der Waals surface area contributed by atoms with Gasteiger partial charge in [0.15, 0.2) is 0 Å². The third-order valence-electron chi connectivity index (χ3n) is 7.20. The van der Waals surface area contributed by atoms with Crippen molar-refractivity contribution in [1.82, 2.24) is 4.90 Å². The minimum Gasteiger partial charge on any atom is -0.478 e. The first-order valence-corrected chi connectivity index (χ1v) is 12.3. The molecule has 2 N–H and O–H groups in total. The van der Waals surface area contributed by atoms with Crippen LogP contribution in [-0.2, 0) is 16.0 Å². The van der Waals surface area contributed by atoms with Crippen molar-refractivity contribution >= 4 is 29.3 Å². The average Bonchev–Trinajstić information content (AvgIpc) is 2.85. The molecule has 0 spiro atoms. The lowest BCUT2D eigenvalue weighted by molar-refractivity contribution is -0.131. The van der Waals surface area contributed by atoms with Gasteiger partial charge in [-0.15, -0.1) is 0 Å². The summed E-state index contributed by atoms with van der Waals surface area (Å²) in [4.78, 5) is 29.2. The number of anilines is 2. The van der Waals surface area contributed by atoms with E-state index >= 15 is 0 Å². The number of hydrogen-bond donors (Lipinski definition) is 2. The van der Waals surface area contributed by atoms with Crippen LogP contribution >= 0.6 is 0 Å². The summed E-state index contributed by atoms with van der Waals surface area (Å²) in [6, 6.07) is 16.1. The number of nitrogens with one attached hydrogen (secondary N) is 1. The Hall–Kier alpha value is -3.12. The second-order valence-electron chi connectivity index (χ2n) is 9.73. The lowest BCUT2D eigenvalue weighted by atomic mass is 9.69. The van der Waals surface area contributed by atoms with Gasteiger partial charge in [0, 0.05) is 43.6 Å². The van der Waals surface area contributed by atoms with Crippen LogP contribution in [-0.4, -0.2) is 55.1 Å². The van der Waals surface area contributed by atoms with Gasteiger partial charge in [-0.2, -0.15) is 0 Å². The molecule has 34 heavy (non-hydrogen) atoms. The van der Waals surface area contributed by atoms with Crippen LogP contribution in [0.3, 0.4) is 0 Å². The van der Waals surface area contributed by atoms with Gasteiger partial charge < -0.3 is 20.2 Å². The Balaban J connectivity index is 1.47. The molecule has 2 aromatic rings. The van der Waals surface area contributed by atoms with E-state index in [9.17, 15) is 9.59 Å². The second kappa shape index (κ2) is 10.9. The van der Waals surface area contributed by atoms with Gasteiger partial charge in [0.1, 0.15) is 0 Å². The first kappa shape index (κ1) is 24.0. The summed E-state index contributed by atoms with van der Waals surface area (Å²) in [5.41, 5.74) is 3.49. The second-order valence-corrected chi connectivity index (χ2v) is 9.73. The van der Waals surface area contributed by atoms with E-state index in [1.165, 1.54) is 23.7 Å². The van der Waals surface area contributed by atoms with Gasteiger partial charge in [0.25, 0.3) is 0 Å². The molecule has 1 saturated heterocycles. The van der Waals surface area contributed by atoms with Crippen LogP contribution in [0.25, 0.3) is 6.08 Å². The van der Waals surface area contributed by atoms with E-state index in [0.29, 0.717) is 5.69 Å². The molecule has 2 fully saturated rings. The highest BCUT2D eigenvalue weighted by molar-refractivity contribution is 5.96. The highest BCUT2D eigenvalue weighted by atomic mass is 16.4. The lowest BCUT2D eigenvalue weighted by Gasteiger charge is -2.36. The number of amides is 1. The largest absolute Gasteiger partial charge is 0.478 e. The Kier molecular flexibility index (Phi) is 7.68. The number of likely N-dealkylation sites (N-methyl/N-ethyl adjacent to an activating group) is 1. The number of carboxylic acid groups (broad SMARTS) is 1. The Labute approximate surface area is 202 Å². The standard InChI is InChI=1S/C28H35N3O3/c1-30-16-18-31(19-17-30)25-11-8-23(9-12-25)21-28(14-3-2-4-15-28)27(34)29-24-7-5-6-22(20-24)10-13-26(32)33/h5-13,20H,2-4,14-19,21H2,1H3,(H,29,34)(H,32,33)/b13-10+. The number of carbonyl (C=O) groups excluding carboxylic acids is 1. The summed E-state index contributed by atoms with van der Waals surface area (Å²) in [7, 11) is 2.16. The summed E-state index contributed by atoms with van der Waals surface area (Å²) in [6.45, 7) is 4.25. The highest BCUT2D eigenvalue weighted by Gasteiger charge is 2.39. The van der Waals surface area contributed by atoms with Gasteiger partial charge in [-0.05, 0) is 67.8 Å². The fraction of sp³-hybridized carbons (Fsp3) is 0.429. The maximum Gasteiger partial charge on any atom is 0.328 e. The van der Waals surface area contributed by atoms with E-state index < -0.39 is 11.4 Å². The quantitative estimate of drug-likeness (QED) is 0.587.